The average Bonchev–Trinajstić information content (AvgIpc) is 3.01. The molecule has 1 heterocycles. The first-order valence-corrected chi connectivity index (χ1v) is 9.71. The van der Waals surface area contributed by atoms with Crippen molar-refractivity contribution in [1.82, 2.24) is 14.8 Å². The summed E-state index contributed by atoms with van der Waals surface area (Å²) in [5.74, 6) is -1.40. The minimum Gasteiger partial charge on any atom is -0.350 e. The third-order valence-corrected chi connectivity index (χ3v) is 5.26. The number of para-hydroxylation sites is 1. The number of anilines is 1. The molecule has 3 aromatic rings. The number of hydrogen-bond donors (Lipinski definition) is 2. The molecule has 0 fully saturated rings. The molecule has 0 saturated heterocycles. The number of carbonyl (C=O) groups excluding carboxylic acids is 2. The highest BCUT2D eigenvalue weighted by Gasteiger charge is 2.22. The summed E-state index contributed by atoms with van der Waals surface area (Å²) in [4.78, 5) is 26.7. The number of likely N-dealkylation sites (N-methyl/N-ethyl adjacent to an activating group) is 1. The molecule has 0 saturated carbocycles. The Hall–Kier alpha value is -2.83. The van der Waals surface area contributed by atoms with Gasteiger partial charge in [0.2, 0.25) is 0 Å². The first-order valence-electron chi connectivity index (χ1n) is 9.33. The Morgan fingerprint density at radius 2 is 1.86 bits per heavy atom. The number of aromatic nitrogens is 1. The van der Waals surface area contributed by atoms with Crippen molar-refractivity contribution >= 4 is 40.0 Å². The molecule has 2 amide bonds. The van der Waals surface area contributed by atoms with Gasteiger partial charge in [-0.25, -0.2) is 0 Å². The van der Waals surface area contributed by atoms with Crippen LogP contribution in [0.5, 0.6) is 0 Å². The molecule has 0 aliphatic rings. The number of aryl methyl sites for hydroxylation is 2. The predicted molar refractivity (Wildman–Crippen MR) is 117 cm³/mol. The van der Waals surface area contributed by atoms with Crippen LogP contribution in [0.15, 0.2) is 48.7 Å². The van der Waals surface area contributed by atoms with Gasteiger partial charge in [0.05, 0.1) is 6.04 Å². The lowest BCUT2D eigenvalue weighted by Gasteiger charge is -2.24. The van der Waals surface area contributed by atoms with Crippen molar-refractivity contribution in [2.45, 2.75) is 13.0 Å². The van der Waals surface area contributed by atoms with Crippen LogP contribution in [0, 0.1) is 6.92 Å². The van der Waals surface area contributed by atoms with Crippen LogP contribution >= 0.6 is 11.6 Å². The highest BCUT2D eigenvalue weighted by molar-refractivity contribution is 6.40. The van der Waals surface area contributed by atoms with E-state index in [-0.39, 0.29) is 6.04 Å². The Balaban J connectivity index is 1.72. The van der Waals surface area contributed by atoms with Gasteiger partial charge < -0.3 is 20.1 Å². The average molecular weight is 413 g/mol. The zero-order valence-corrected chi connectivity index (χ0v) is 17.7. The second-order valence-corrected chi connectivity index (χ2v) is 7.75. The Morgan fingerprint density at radius 1 is 1.14 bits per heavy atom. The molecule has 0 aliphatic heterocycles. The summed E-state index contributed by atoms with van der Waals surface area (Å²) in [7, 11) is 5.90. The van der Waals surface area contributed by atoms with Crippen LogP contribution in [-0.4, -0.2) is 41.9 Å². The molecule has 0 bridgehead atoms. The third kappa shape index (κ3) is 4.60. The number of hydrogen-bond acceptors (Lipinski definition) is 3. The van der Waals surface area contributed by atoms with Crippen LogP contribution in [0.3, 0.4) is 0 Å². The van der Waals surface area contributed by atoms with Crippen LogP contribution in [0.25, 0.3) is 10.9 Å². The van der Waals surface area contributed by atoms with Gasteiger partial charge >= 0.3 is 11.8 Å². The molecule has 1 aromatic heterocycles. The molecule has 0 radical (unpaired) electrons. The lowest BCUT2D eigenvalue weighted by molar-refractivity contribution is -0.136. The maximum Gasteiger partial charge on any atom is 0.313 e. The van der Waals surface area contributed by atoms with Gasteiger partial charge in [-0.15, -0.1) is 0 Å². The number of nitrogens with zero attached hydrogens (tertiary/aromatic N) is 2. The minimum atomic E-state index is -0.717. The van der Waals surface area contributed by atoms with Crippen molar-refractivity contribution in [2.75, 3.05) is 26.0 Å². The summed E-state index contributed by atoms with van der Waals surface area (Å²) < 4.78 is 2.07. The zero-order chi connectivity index (χ0) is 21.1. The van der Waals surface area contributed by atoms with E-state index >= 15 is 0 Å². The van der Waals surface area contributed by atoms with Gasteiger partial charge in [-0.1, -0.05) is 35.9 Å². The van der Waals surface area contributed by atoms with Gasteiger partial charge in [0.1, 0.15) is 0 Å². The predicted octanol–water partition coefficient (Wildman–Crippen LogP) is 3.50. The fourth-order valence-corrected chi connectivity index (χ4v) is 3.56. The number of benzene rings is 2. The Kier molecular flexibility index (Phi) is 6.25. The van der Waals surface area contributed by atoms with Gasteiger partial charge in [-0.3, -0.25) is 9.59 Å². The molecule has 1 unspecified atom stereocenters. The summed E-state index contributed by atoms with van der Waals surface area (Å²) in [5.41, 5.74) is 3.57. The first-order chi connectivity index (χ1) is 13.8. The standard InChI is InChI=1S/C22H25ClN4O2/c1-14-9-10-15(23)11-18(14)25-22(29)21(28)24-12-20(26(2)3)17-13-27(4)19-8-6-5-7-16(17)19/h5-11,13,20H,12H2,1-4H3,(H,24,28)(H,25,29). The van der Waals surface area contributed by atoms with Crippen LogP contribution in [0.4, 0.5) is 5.69 Å². The molecule has 0 spiro atoms. The van der Waals surface area contributed by atoms with Crippen molar-refractivity contribution in [3.8, 4) is 0 Å². The van der Waals surface area contributed by atoms with E-state index in [1.165, 1.54) is 0 Å². The number of halogens is 1. The van der Waals surface area contributed by atoms with Crippen molar-refractivity contribution in [3.63, 3.8) is 0 Å². The Morgan fingerprint density at radius 3 is 2.59 bits per heavy atom. The maximum atomic E-state index is 12.4. The van der Waals surface area contributed by atoms with E-state index in [0.29, 0.717) is 17.3 Å². The van der Waals surface area contributed by atoms with E-state index in [4.69, 9.17) is 11.6 Å². The van der Waals surface area contributed by atoms with Crippen LogP contribution in [0.2, 0.25) is 5.02 Å². The van der Waals surface area contributed by atoms with Crippen molar-refractivity contribution in [1.29, 1.82) is 0 Å². The highest BCUT2D eigenvalue weighted by atomic mass is 35.5. The fraction of sp³-hybridized carbons (Fsp3) is 0.273. The number of fused-ring (bicyclic) bond motifs is 1. The van der Waals surface area contributed by atoms with Gasteiger partial charge in [0.25, 0.3) is 0 Å². The summed E-state index contributed by atoms with van der Waals surface area (Å²) in [5, 5.41) is 7.00. The third-order valence-electron chi connectivity index (χ3n) is 5.02. The normalized spacial score (nSPS) is 12.2. The highest BCUT2D eigenvalue weighted by Crippen LogP contribution is 2.28. The topological polar surface area (TPSA) is 66.4 Å². The number of amides is 2. The molecule has 7 heteroatoms. The van der Waals surface area contributed by atoms with Gasteiger partial charge in [-0.2, -0.15) is 0 Å². The second kappa shape index (κ2) is 8.68. The van der Waals surface area contributed by atoms with E-state index in [0.717, 1.165) is 22.0 Å². The molecule has 0 aliphatic carbocycles. The quantitative estimate of drug-likeness (QED) is 0.630. The van der Waals surface area contributed by atoms with Gasteiger partial charge in [0, 0.05) is 41.4 Å². The summed E-state index contributed by atoms with van der Waals surface area (Å²) in [6, 6.07) is 13.2. The van der Waals surface area contributed by atoms with E-state index in [2.05, 4.69) is 33.5 Å². The van der Waals surface area contributed by atoms with Gasteiger partial charge in [0.15, 0.2) is 0 Å². The lowest BCUT2D eigenvalue weighted by atomic mass is 10.0. The summed E-state index contributed by atoms with van der Waals surface area (Å²) in [6.07, 6.45) is 2.07. The Bertz CT molecular complexity index is 1060. The van der Waals surface area contributed by atoms with E-state index in [9.17, 15) is 9.59 Å². The molecule has 29 heavy (non-hydrogen) atoms. The molecule has 6 nitrogen and oxygen atoms in total. The fourth-order valence-electron chi connectivity index (χ4n) is 3.39. The molecule has 2 N–H and O–H groups in total. The molecule has 3 rings (SSSR count). The smallest absolute Gasteiger partial charge is 0.313 e. The van der Waals surface area contributed by atoms with E-state index < -0.39 is 11.8 Å². The van der Waals surface area contributed by atoms with Crippen molar-refractivity contribution in [2.24, 2.45) is 7.05 Å². The number of carbonyl (C=O) groups is 2. The molecule has 152 valence electrons. The molecular formula is C22H25ClN4O2. The summed E-state index contributed by atoms with van der Waals surface area (Å²) >= 11 is 5.98. The lowest BCUT2D eigenvalue weighted by Crippen LogP contribution is -2.40. The van der Waals surface area contributed by atoms with Gasteiger partial charge in [-0.05, 0) is 50.3 Å². The van der Waals surface area contributed by atoms with Crippen LogP contribution < -0.4 is 10.6 Å². The largest absolute Gasteiger partial charge is 0.350 e. The van der Waals surface area contributed by atoms with E-state index in [1.807, 2.05) is 45.1 Å². The van der Waals surface area contributed by atoms with E-state index in [1.54, 1.807) is 18.2 Å². The monoisotopic (exact) mass is 412 g/mol. The zero-order valence-electron chi connectivity index (χ0n) is 17.0. The van der Waals surface area contributed by atoms with Crippen LogP contribution in [-0.2, 0) is 16.6 Å². The number of rotatable bonds is 5. The van der Waals surface area contributed by atoms with Crippen LogP contribution in [0.1, 0.15) is 17.2 Å². The Labute approximate surface area is 175 Å². The minimum absolute atomic E-state index is 0.0780. The molecular weight excluding hydrogens is 388 g/mol. The van der Waals surface area contributed by atoms with Crippen molar-refractivity contribution in [3.05, 3.63) is 64.8 Å². The number of nitrogens with one attached hydrogen (secondary N) is 2. The maximum absolute atomic E-state index is 12.4. The molecule has 2 aromatic carbocycles. The molecule has 1 atom stereocenters. The second-order valence-electron chi connectivity index (χ2n) is 7.32. The van der Waals surface area contributed by atoms with Crippen molar-refractivity contribution < 1.29 is 9.59 Å². The first kappa shape index (κ1) is 20.9. The summed E-state index contributed by atoms with van der Waals surface area (Å²) in [6.45, 7) is 2.15. The SMILES string of the molecule is Cc1ccc(Cl)cc1NC(=O)C(=O)NCC(c1cn(C)c2ccccc12)N(C)C.